The number of nitrogens with zero attached hydrogens (tertiary/aromatic N) is 1. The van der Waals surface area contributed by atoms with Crippen LogP contribution in [0.5, 0.6) is 5.75 Å². The summed E-state index contributed by atoms with van der Waals surface area (Å²) in [5, 5.41) is 9.02. The minimum atomic E-state index is -0.905. The molecule has 0 unspecified atom stereocenters. The first-order valence-corrected chi connectivity index (χ1v) is 5.83. The van der Waals surface area contributed by atoms with E-state index in [-0.39, 0.29) is 6.54 Å². The molecule has 2 rings (SSSR count). The predicted molar refractivity (Wildman–Crippen MR) is 70.4 cm³/mol. The summed E-state index contributed by atoms with van der Waals surface area (Å²) in [4.78, 5) is 12.7. The number of ether oxygens (including phenoxy) is 1. The van der Waals surface area contributed by atoms with Crippen LogP contribution in [0.15, 0.2) is 47.1 Å². The molecule has 5 heteroatoms. The number of anilines is 1. The van der Waals surface area contributed by atoms with Crippen LogP contribution in [0.3, 0.4) is 0 Å². The zero-order valence-corrected chi connectivity index (χ0v) is 10.6. The molecule has 100 valence electrons. The van der Waals surface area contributed by atoms with Crippen LogP contribution in [0, 0.1) is 0 Å². The average Bonchev–Trinajstić information content (AvgIpc) is 2.90. The van der Waals surface area contributed by atoms with Crippen LogP contribution in [0.1, 0.15) is 5.76 Å². The minimum Gasteiger partial charge on any atom is -0.495 e. The Morgan fingerprint density at radius 1 is 1.32 bits per heavy atom. The number of methoxy groups -OCH3 is 1. The Morgan fingerprint density at radius 2 is 2.11 bits per heavy atom. The number of carboxylic acid groups (broad SMARTS) is 1. The van der Waals surface area contributed by atoms with Gasteiger partial charge in [0, 0.05) is 0 Å². The summed E-state index contributed by atoms with van der Waals surface area (Å²) in [6, 6.07) is 10.9. The summed E-state index contributed by atoms with van der Waals surface area (Å²) in [5.74, 6) is 0.430. The molecule has 0 aliphatic heterocycles. The molecule has 0 spiro atoms. The van der Waals surface area contributed by atoms with E-state index in [1.54, 1.807) is 30.4 Å². The van der Waals surface area contributed by atoms with E-state index < -0.39 is 5.97 Å². The number of para-hydroxylation sites is 2. The smallest absolute Gasteiger partial charge is 0.323 e. The zero-order valence-electron chi connectivity index (χ0n) is 10.6. The van der Waals surface area contributed by atoms with Crippen molar-refractivity contribution in [2.24, 2.45) is 0 Å². The maximum absolute atomic E-state index is 11.0. The number of hydrogen-bond donors (Lipinski definition) is 1. The fourth-order valence-electron chi connectivity index (χ4n) is 1.87. The van der Waals surface area contributed by atoms with Crippen LogP contribution < -0.4 is 9.64 Å². The van der Waals surface area contributed by atoms with E-state index >= 15 is 0 Å². The van der Waals surface area contributed by atoms with Gasteiger partial charge < -0.3 is 19.2 Å². The number of furan rings is 1. The van der Waals surface area contributed by atoms with Gasteiger partial charge in [-0.25, -0.2) is 0 Å². The van der Waals surface area contributed by atoms with Crippen molar-refractivity contribution in [3.8, 4) is 5.75 Å². The molecule has 1 aromatic carbocycles. The lowest BCUT2D eigenvalue weighted by atomic mass is 10.2. The molecule has 1 aromatic heterocycles. The molecule has 0 radical (unpaired) electrons. The molecule has 0 saturated carbocycles. The van der Waals surface area contributed by atoms with Crippen molar-refractivity contribution in [2.45, 2.75) is 6.54 Å². The molecule has 5 nitrogen and oxygen atoms in total. The van der Waals surface area contributed by atoms with Gasteiger partial charge in [0.2, 0.25) is 0 Å². The lowest BCUT2D eigenvalue weighted by Crippen LogP contribution is -2.29. The van der Waals surface area contributed by atoms with E-state index in [1.807, 2.05) is 24.3 Å². The van der Waals surface area contributed by atoms with E-state index in [9.17, 15) is 4.79 Å². The number of benzene rings is 1. The number of carboxylic acids is 1. The maximum atomic E-state index is 11.0. The maximum Gasteiger partial charge on any atom is 0.323 e. The number of carbonyl (C=O) groups is 1. The second-order valence-electron chi connectivity index (χ2n) is 4.00. The second-order valence-corrected chi connectivity index (χ2v) is 4.00. The average molecular weight is 261 g/mol. The minimum absolute atomic E-state index is 0.124. The van der Waals surface area contributed by atoms with Crippen molar-refractivity contribution >= 4 is 11.7 Å². The molecule has 2 aromatic rings. The van der Waals surface area contributed by atoms with Crippen molar-refractivity contribution in [3.63, 3.8) is 0 Å². The summed E-state index contributed by atoms with van der Waals surface area (Å²) < 4.78 is 10.5. The summed E-state index contributed by atoms with van der Waals surface area (Å²) in [5.41, 5.74) is 0.726. The van der Waals surface area contributed by atoms with Gasteiger partial charge in [-0.15, -0.1) is 0 Å². The quantitative estimate of drug-likeness (QED) is 0.865. The van der Waals surface area contributed by atoms with Gasteiger partial charge in [-0.3, -0.25) is 4.79 Å². The highest BCUT2D eigenvalue weighted by molar-refractivity contribution is 5.75. The fraction of sp³-hybridized carbons (Fsp3) is 0.214. The summed E-state index contributed by atoms with van der Waals surface area (Å²) in [7, 11) is 1.56. The van der Waals surface area contributed by atoms with Crippen LogP contribution in [0.25, 0.3) is 0 Å². The number of hydrogen-bond acceptors (Lipinski definition) is 4. The Morgan fingerprint density at radius 3 is 2.74 bits per heavy atom. The third-order valence-electron chi connectivity index (χ3n) is 2.68. The molecule has 0 saturated heterocycles. The highest BCUT2D eigenvalue weighted by Gasteiger charge is 2.16. The van der Waals surface area contributed by atoms with Crippen LogP contribution in [-0.2, 0) is 11.3 Å². The van der Waals surface area contributed by atoms with Crippen molar-refractivity contribution < 1.29 is 19.1 Å². The number of aliphatic carboxylic acids is 1. The third kappa shape index (κ3) is 3.28. The second kappa shape index (κ2) is 5.95. The third-order valence-corrected chi connectivity index (χ3v) is 2.68. The molecule has 0 aliphatic carbocycles. The number of rotatable bonds is 6. The summed E-state index contributed by atoms with van der Waals surface area (Å²) in [6.45, 7) is 0.251. The lowest BCUT2D eigenvalue weighted by Gasteiger charge is -2.23. The summed E-state index contributed by atoms with van der Waals surface area (Å²) in [6.07, 6.45) is 1.57. The van der Waals surface area contributed by atoms with E-state index in [4.69, 9.17) is 14.3 Å². The molecule has 1 heterocycles. The highest BCUT2D eigenvalue weighted by Crippen LogP contribution is 2.28. The highest BCUT2D eigenvalue weighted by atomic mass is 16.5. The lowest BCUT2D eigenvalue weighted by molar-refractivity contribution is -0.135. The first-order chi connectivity index (χ1) is 9.20. The van der Waals surface area contributed by atoms with Gasteiger partial charge in [0.25, 0.3) is 0 Å². The van der Waals surface area contributed by atoms with E-state index in [1.165, 1.54) is 0 Å². The molecule has 0 fully saturated rings. The van der Waals surface area contributed by atoms with E-state index in [0.29, 0.717) is 18.1 Å². The van der Waals surface area contributed by atoms with Gasteiger partial charge in [0.05, 0.1) is 25.6 Å². The van der Waals surface area contributed by atoms with Crippen LogP contribution >= 0.6 is 0 Å². The topological polar surface area (TPSA) is 62.9 Å². The predicted octanol–water partition coefficient (Wildman–Crippen LogP) is 2.38. The fourth-order valence-corrected chi connectivity index (χ4v) is 1.87. The molecule has 0 atom stereocenters. The van der Waals surface area contributed by atoms with Crippen LogP contribution in [-0.4, -0.2) is 24.7 Å². The zero-order chi connectivity index (χ0) is 13.7. The Balaban J connectivity index is 2.28. The molecule has 1 N–H and O–H groups in total. The van der Waals surface area contributed by atoms with Gasteiger partial charge in [-0.1, -0.05) is 12.1 Å². The molecule has 0 amide bonds. The molecular formula is C14H15NO4. The van der Waals surface area contributed by atoms with Crippen molar-refractivity contribution in [1.29, 1.82) is 0 Å². The van der Waals surface area contributed by atoms with Gasteiger partial charge >= 0.3 is 5.97 Å². The van der Waals surface area contributed by atoms with Gasteiger partial charge in [-0.05, 0) is 24.3 Å². The van der Waals surface area contributed by atoms with Gasteiger partial charge in [-0.2, -0.15) is 0 Å². The molecule has 0 bridgehead atoms. The largest absolute Gasteiger partial charge is 0.495 e. The van der Waals surface area contributed by atoms with Crippen molar-refractivity contribution in [1.82, 2.24) is 0 Å². The Hall–Kier alpha value is -2.43. The Kier molecular flexibility index (Phi) is 4.07. The first-order valence-electron chi connectivity index (χ1n) is 5.83. The molecule has 19 heavy (non-hydrogen) atoms. The van der Waals surface area contributed by atoms with Crippen molar-refractivity contribution in [2.75, 3.05) is 18.6 Å². The SMILES string of the molecule is COc1ccccc1N(CC(=O)O)Cc1ccco1. The van der Waals surface area contributed by atoms with Crippen LogP contribution in [0.2, 0.25) is 0 Å². The van der Waals surface area contributed by atoms with E-state index in [2.05, 4.69) is 0 Å². The van der Waals surface area contributed by atoms with Gasteiger partial charge in [0.1, 0.15) is 18.1 Å². The molecular weight excluding hydrogens is 246 g/mol. The van der Waals surface area contributed by atoms with E-state index in [0.717, 1.165) is 5.69 Å². The normalized spacial score (nSPS) is 10.2. The van der Waals surface area contributed by atoms with Crippen LogP contribution in [0.4, 0.5) is 5.69 Å². The summed E-state index contributed by atoms with van der Waals surface area (Å²) >= 11 is 0. The Bertz CT molecular complexity index is 536. The standard InChI is InChI=1S/C14H15NO4/c1-18-13-7-3-2-6-12(13)15(10-14(16)17)9-11-5-4-8-19-11/h2-8H,9-10H2,1H3,(H,16,17). The molecule has 0 aliphatic rings. The van der Waals surface area contributed by atoms with Crippen molar-refractivity contribution in [3.05, 3.63) is 48.4 Å². The Labute approximate surface area is 111 Å². The monoisotopic (exact) mass is 261 g/mol. The van der Waals surface area contributed by atoms with Gasteiger partial charge in [0.15, 0.2) is 0 Å². The first kappa shape index (κ1) is 13.0.